The molecule has 2 heterocycles. The lowest BCUT2D eigenvalue weighted by Gasteiger charge is -2.25. The summed E-state index contributed by atoms with van der Waals surface area (Å²) >= 11 is 0. The monoisotopic (exact) mass is 522 g/mol. The van der Waals surface area contributed by atoms with Crippen molar-refractivity contribution in [1.29, 1.82) is 0 Å². The van der Waals surface area contributed by atoms with Gasteiger partial charge in [0.05, 0.1) is 16.9 Å². The normalized spacial score (nSPS) is 19.6. The van der Waals surface area contributed by atoms with Crippen LogP contribution in [0.4, 0.5) is 35.9 Å². The van der Waals surface area contributed by atoms with Gasteiger partial charge in [0.15, 0.2) is 0 Å². The van der Waals surface area contributed by atoms with E-state index in [2.05, 4.69) is 0 Å². The lowest BCUT2D eigenvalue weighted by Crippen LogP contribution is -2.38. The van der Waals surface area contributed by atoms with Crippen LogP contribution in [0.5, 0.6) is 0 Å². The van der Waals surface area contributed by atoms with Gasteiger partial charge in [0.1, 0.15) is 22.9 Å². The van der Waals surface area contributed by atoms with E-state index in [1.807, 2.05) is 0 Å². The SMILES string of the molecule is C/C=C\C1(/C(F)=C2/C(=O)N(c3ccccc3)c3ccc(F)cc32)C(=O)N(c2ccccc2)c2ccc(F)cc21. The molecule has 4 aromatic carbocycles. The number of hydrogen-bond donors (Lipinski definition) is 0. The first-order chi connectivity index (χ1) is 18.9. The van der Waals surface area contributed by atoms with Gasteiger partial charge in [0, 0.05) is 22.5 Å². The molecule has 6 rings (SSSR count). The molecule has 2 aliphatic rings. The van der Waals surface area contributed by atoms with E-state index in [9.17, 15) is 18.4 Å². The average Bonchev–Trinajstić information content (AvgIpc) is 3.36. The Kier molecular flexibility index (Phi) is 5.72. The van der Waals surface area contributed by atoms with Gasteiger partial charge in [-0.15, -0.1) is 0 Å². The zero-order valence-electron chi connectivity index (χ0n) is 20.7. The quantitative estimate of drug-likeness (QED) is 0.206. The molecular formula is C32H21F3N2O2. The highest BCUT2D eigenvalue weighted by Gasteiger charge is 2.56. The molecule has 0 N–H and O–H groups in total. The Balaban J connectivity index is 1.66. The number of nitrogens with zero attached hydrogens (tertiary/aromatic N) is 2. The lowest BCUT2D eigenvalue weighted by molar-refractivity contribution is -0.120. The van der Waals surface area contributed by atoms with E-state index in [-0.39, 0.29) is 22.5 Å². The maximum atomic E-state index is 17.2. The third-order valence-corrected chi connectivity index (χ3v) is 7.06. The van der Waals surface area contributed by atoms with Crippen LogP contribution in [-0.4, -0.2) is 11.8 Å². The number of carbonyl (C=O) groups is 2. The smallest absolute Gasteiger partial charge is 0.266 e. The van der Waals surface area contributed by atoms with E-state index >= 15 is 4.39 Å². The Hall–Kier alpha value is -4.91. The van der Waals surface area contributed by atoms with Gasteiger partial charge in [0.25, 0.3) is 11.8 Å². The summed E-state index contributed by atoms with van der Waals surface area (Å²) in [4.78, 5) is 30.8. The van der Waals surface area contributed by atoms with Crippen molar-refractivity contribution in [3.63, 3.8) is 0 Å². The summed E-state index contributed by atoms with van der Waals surface area (Å²) in [6, 6.07) is 24.6. The van der Waals surface area contributed by atoms with E-state index in [0.717, 1.165) is 12.1 Å². The molecule has 0 bridgehead atoms. The Morgan fingerprint density at radius 1 is 0.744 bits per heavy atom. The maximum absolute atomic E-state index is 17.2. The molecule has 4 aromatic rings. The van der Waals surface area contributed by atoms with Crippen molar-refractivity contribution in [2.75, 3.05) is 9.80 Å². The molecule has 192 valence electrons. The summed E-state index contributed by atoms with van der Waals surface area (Å²) in [7, 11) is 0. The van der Waals surface area contributed by atoms with E-state index in [4.69, 9.17) is 0 Å². The van der Waals surface area contributed by atoms with Crippen LogP contribution in [0.15, 0.2) is 115 Å². The second-order valence-electron chi connectivity index (χ2n) is 9.27. The number of para-hydroxylation sites is 2. The van der Waals surface area contributed by atoms with Crippen LogP contribution in [0.3, 0.4) is 0 Å². The number of benzene rings is 4. The molecule has 0 saturated heterocycles. The summed E-state index contributed by atoms with van der Waals surface area (Å²) in [5.74, 6) is -3.92. The molecule has 4 nitrogen and oxygen atoms in total. The first-order valence-corrected chi connectivity index (χ1v) is 12.3. The van der Waals surface area contributed by atoms with Crippen LogP contribution >= 0.6 is 0 Å². The number of anilines is 4. The highest BCUT2D eigenvalue weighted by atomic mass is 19.1. The van der Waals surface area contributed by atoms with E-state index in [1.54, 1.807) is 67.6 Å². The van der Waals surface area contributed by atoms with Crippen LogP contribution in [0.1, 0.15) is 18.1 Å². The summed E-state index contributed by atoms with van der Waals surface area (Å²) < 4.78 is 46.4. The Labute approximate surface area is 222 Å². The average molecular weight is 523 g/mol. The highest BCUT2D eigenvalue weighted by Crippen LogP contribution is 2.54. The Morgan fingerprint density at radius 3 is 1.92 bits per heavy atom. The predicted octanol–water partition coefficient (Wildman–Crippen LogP) is 7.52. The molecule has 0 aliphatic carbocycles. The van der Waals surface area contributed by atoms with E-state index < -0.39 is 40.3 Å². The number of carbonyl (C=O) groups excluding carboxylic acids is 2. The van der Waals surface area contributed by atoms with Crippen molar-refractivity contribution >= 4 is 40.1 Å². The fraction of sp³-hybridized carbons (Fsp3) is 0.0625. The van der Waals surface area contributed by atoms with Gasteiger partial charge in [-0.05, 0) is 67.6 Å². The molecular weight excluding hydrogens is 501 g/mol. The fourth-order valence-electron chi connectivity index (χ4n) is 5.43. The van der Waals surface area contributed by atoms with Gasteiger partial charge >= 0.3 is 0 Å². The molecule has 1 unspecified atom stereocenters. The van der Waals surface area contributed by atoms with E-state index in [1.165, 1.54) is 46.2 Å². The van der Waals surface area contributed by atoms with Crippen molar-refractivity contribution in [3.8, 4) is 0 Å². The molecule has 7 heteroatoms. The zero-order valence-corrected chi connectivity index (χ0v) is 20.7. The summed E-state index contributed by atoms with van der Waals surface area (Å²) in [5, 5.41) is 0. The van der Waals surface area contributed by atoms with Crippen LogP contribution < -0.4 is 9.80 Å². The number of allylic oxidation sites excluding steroid dienone is 1. The molecule has 0 saturated carbocycles. The molecule has 0 fully saturated rings. The molecule has 39 heavy (non-hydrogen) atoms. The standard InChI is InChI=1S/C32H21F3N2O2/c1-2-17-32(25-19-21(34)14-16-27(25)37(31(32)39)23-11-7-4-8-12-23)29(35)28-24-18-20(33)13-15-26(24)36(30(28)38)22-9-5-3-6-10-22/h2-19H,1H3/b17-2-,29-28-. The fourth-order valence-corrected chi connectivity index (χ4v) is 5.43. The molecule has 0 aromatic heterocycles. The van der Waals surface area contributed by atoms with Gasteiger partial charge < -0.3 is 0 Å². The third kappa shape index (κ3) is 3.54. The summed E-state index contributed by atoms with van der Waals surface area (Å²) in [6.07, 6.45) is 2.82. The minimum atomic E-state index is -2.16. The summed E-state index contributed by atoms with van der Waals surface area (Å²) in [6.45, 7) is 1.61. The number of fused-ring (bicyclic) bond motifs is 2. The second kappa shape index (κ2) is 9.13. The summed E-state index contributed by atoms with van der Waals surface area (Å²) in [5.41, 5.74) is -1.10. The zero-order chi connectivity index (χ0) is 27.3. The minimum Gasteiger partial charge on any atom is -0.279 e. The number of amides is 2. The first-order valence-electron chi connectivity index (χ1n) is 12.3. The Bertz CT molecular complexity index is 1700. The van der Waals surface area contributed by atoms with Gasteiger partial charge in [-0.25, -0.2) is 13.2 Å². The molecule has 0 spiro atoms. The second-order valence-corrected chi connectivity index (χ2v) is 9.27. The lowest BCUT2D eigenvalue weighted by atomic mass is 9.77. The van der Waals surface area contributed by atoms with Crippen molar-refractivity contribution in [2.45, 2.75) is 12.3 Å². The largest absolute Gasteiger partial charge is 0.279 e. The number of hydrogen-bond acceptors (Lipinski definition) is 2. The topological polar surface area (TPSA) is 40.6 Å². The molecule has 2 amide bonds. The minimum absolute atomic E-state index is 0.00847. The third-order valence-electron chi connectivity index (χ3n) is 7.06. The van der Waals surface area contributed by atoms with E-state index in [0.29, 0.717) is 11.4 Å². The van der Waals surface area contributed by atoms with Gasteiger partial charge in [-0.1, -0.05) is 48.6 Å². The van der Waals surface area contributed by atoms with Gasteiger partial charge in [-0.2, -0.15) is 0 Å². The van der Waals surface area contributed by atoms with Gasteiger partial charge in [0.2, 0.25) is 0 Å². The maximum Gasteiger partial charge on any atom is 0.266 e. The van der Waals surface area contributed by atoms with Crippen molar-refractivity contribution in [2.24, 2.45) is 0 Å². The van der Waals surface area contributed by atoms with Gasteiger partial charge in [-0.3, -0.25) is 19.4 Å². The van der Waals surface area contributed by atoms with Crippen molar-refractivity contribution < 1.29 is 22.8 Å². The first kappa shape index (κ1) is 24.4. The van der Waals surface area contributed by atoms with Crippen LogP contribution in [0.25, 0.3) is 5.57 Å². The van der Waals surface area contributed by atoms with Crippen molar-refractivity contribution in [1.82, 2.24) is 0 Å². The number of halogens is 3. The van der Waals surface area contributed by atoms with Crippen LogP contribution in [0.2, 0.25) is 0 Å². The Morgan fingerprint density at radius 2 is 1.31 bits per heavy atom. The molecule has 2 aliphatic heterocycles. The molecule has 1 atom stereocenters. The highest BCUT2D eigenvalue weighted by molar-refractivity contribution is 6.36. The predicted molar refractivity (Wildman–Crippen MR) is 144 cm³/mol. The van der Waals surface area contributed by atoms with Crippen LogP contribution in [0, 0.1) is 11.6 Å². The van der Waals surface area contributed by atoms with Crippen molar-refractivity contribution in [3.05, 3.63) is 138 Å². The number of rotatable bonds is 4. The van der Waals surface area contributed by atoms with Crippen LogP contribution in [-0.2, 0) is 15.0 Å². The molecule has 0 radical (unpaired) electrons.